The molecule has 0 bridgehead atoms. The average molecular weight is 207 g/mol. The van der Waals surface area contributed by atoms with Crippen LogP contribution in [0.1, 0.15) is 30.4 Å². The lowest BCUT2D eigenvalue weighted by molar-refractivity contribution is 0.532. The van der Waals surface area contributed by atoms with Crippen molar-refractivity contribution < 1.29 is 4.39 Å². The molecule has 0 aliphatic heterocycles. The molecule has 2 unspecified atom stereocenters. The molecule has 1 aliphatic carbocycles. The second-order valence-electron chi connectivity index (χ2n) is 4.71. The molecule has 0 spiro atoms. The minimum Gasteiger partial charge on any atom is -0.328 e. The quantitative estimate of drug-likeness (QED) is 0.793. The maximum Gasteiger partial charge on any atom is 0.123 e. The maximum absolute atomic E-state index is 12.9. The topological polar surface area (TPSA) is 26.0 Å². The third-order valence-electron chi connectivity index (χ3n) is 3.40. The number of benzene rings is 1. The van der Waals surface area contributed by atoms with Gasteiger partial charge in [0.05, 0.1) is 0 Å². The molecule has 1 aromatic rings. The molecule has 2 rings (SSSR count). The van der Waals surface area contributed by atoms with Crippen LogP contribution in [0.25, 0.3) is 0 Å². The molecule has 15 heavy (non-hydrogen) atoms. The molecule has 1 nitrogen and oxygen atoms in total. The van der Waals surface area contributed by atoms with Gasteiger partial charge in [-0.15, -0.1) is 0 Å². The highest BCUT2D eigenvalue weighted by Gasteiger charge is 2.22. The number of rotatable bonds is 2. The summed E-state index contributed by atoms with van der Waals surface area (Å²) in [6, 6.07) is 5.46. The van der Waals surface area contributed by atoms with Crippen molar-refractivity contribution in [2.75, 3.05) is 0 Å². The molecule has 1 aliphatic rings. The molecule has 0 saturated heterocycles. The molecule has 0 aromatic heterocycles. The summed E-state index contributed by atoms with van der Waals surface area (Å²) in [5.74, 6) is 0.559. The summed E-state index contributed by atoms with van der Waals surface area (Å²) in [5.41, 5.74) is 8.22. The Balaban J connectivity index is 2.04. The van der Waals surface area contributed by atoms with Crippen molar-refractivity contribution in [3.63, 3.8) is 0 Å². The second-order valence-corrected chi connectivity index (χ2v) is 4.71. The van der Waals surface area contributed by atoms with E-state index in [1.54, 1.807) is 12.1 Å². The number of hydrogen-bond donors (Lipinski definition) is 1. The first-order valence-corrected chi connectivity index (χ1v) is 5.66. The van der Waals surface area contributed by atoms with Gasteiger partial charge in [0.1, 0.15) is 5.82 Å². The van der Waals surface area contributed by atoms with Gasteiger partial charge in [-0.25, -0.2) is 4.39 Å². The summed E-state index contributed by atoms with van der Waals surface area (Å²) in [6.45, 7) is 1.98. The molecule has 0 heterocycles. The molecule has 2 heteroatoms. The van der Waals surface area contributed by atoms with Crippen molar-refractivity contribution in [3.8, 4) is 0 Å². The SMILES string of the molecule is Cc1cc(F)ccc1CC1CCC(N)C1. The van der Waals surface area contributed by atoms with E-state index < -0.39 is 0 Å². The van der Waals surface area contributed by atoms with E-state index >= 15 is 0 Å². The van der Waals surface area contributed by atoms with Gasteiger partial charge in [0.25, 0.3) is 0 Å². The van der Waals surface area contributed by atoms with E-state index in [9.17, 15) is 4.39 Å². The van der Waals surface area contributed by atoms with Crippen molar-refractivity contribution in [2.45, 2.75) is 38.6 Å². The fraction of sp³-hybridized carbons (Fsp3) is 0.538. The van der Waals surface area contributed by atoms with Crippen LogP contribution in [0.2, 0.25) is 0 Å². The molecule has 1 aromatic carbocycles. The summed E-state index contributed by atoms with van der Waals surface area (Å²) < 4.78 is 12.9. The Morgan fingerprint density at radius 2 is 2.20 bits per heavy atom. The number of halogens is 1. The summed E-state index contributed by atoms with van der Waals surface area (Å²) in [5, 5.41) is 0. The minimum atomic E-state index is -0.139. The van der Waals surface area contributed by atoms with Gasteiger partial charge in [0, 0.05) is 6.04 Å². The Hall–Kier alpha value is -0.890. The van der Waals surface area contributed by atoms with Gasteiger partial charge in [0.2, 0.25) is 0 Å². The van der Waals surface area contributed by atoms with Crippen molar-refractivity contribution in [1.29, 1.82) is 0 Å². The van der Waals surface area contributed by atoms with Crippen LogP contribution in [-0.4, -0.2) is 6.04 Å². The van der Waals surface area contributed by atoms with Crippen LogP contribution in [-0.2, 0) is 6.42 Å². The third-order valence-corrected chi connectivity index (χ3v) is 3.40. The molecule has 1 fully saturated rings. The first-order chi connectivity index (χ1) is 7.15. The van der Waals surface area contributed by atoms with Crippen LogP contribution in [0.15, 0.2) is 18.2 Å². The van der Waals surface area contributed by atoms with Crippen LogP contribution in [0.3, 0.4) is 0 Å². The van der Waals surface area contributed by atoms with Crippen molar-refractivity contribution >= 4 is 0 Å². The second kappa shape index (κ2) is 4.31. The predicted octanol–water partition coefficient (Wildman–Crippen LogP) is 2.80. The van der Waals surface area contributed by atoms with Crippen LogP contribution < -0.4 is 5.73 Å². The fourth-order valence-electron chi connectivity index (χ4n) is 2.50. The van der Waals surface area contributed by atoms with E-state index in [0.29, 0.717) is 12.0 Å². The zero-order valence-corrected chi connectivity index (χ0v) is 9.17. The molecule has 82 valence electrons. The van der Waals surface area contributed by atoms with Gasteiger partial charge < -0.3 is 5.73 Å². The van der Waals surface area contributed by atoms with Crippen LogP contribution >= 0.6 is 0 Å². The van der Waals surface area contributed by atoms with Gasteiger partial charge in [-0.05, 0) is 61.8 Å². The molecular weight excluding hydrogens is 189 g/mol. The first kappa shape index (κ1) is 10.6. The predicted molar refractivity (Wildman–Crippen MR) is 60.2 cm³/mol. The van der Waals surface area contributed by atoms with Crippen molar-refractivity contribution in [2.24, 2.45) is 11.7 Å². The highest BCUT2D eigenvalue weighted by Crippen LogP contribution is 2.28. The standard InChI is InChI=1S/C13H18FN/c1-9-6-12(14)4-3-11(9)7-10-2-5-13(15)8-10/h3-4,6,10,13H,2,5,7-8,15H2,1H3. The average Bonchev–Trinajstić information content (AvgIpc) is 2.56. The van der Waals surface area contributed by atoms with Crippen molar-refractivity contribution in [1.82, 2.24) is 0 Å². The van der Waals surface area contributed by atoms with Crippen LogP contribution in [0.4, 0.5) is 4.39 Å². The minimum absolute atomic E-state index is 0.139. The lowest BCUT2D eigenvalue weighted by Gasteiger charge is -2.11. The van der Waals surface area contributed by atoms with E-state index in [1.165, 1.54) is 12.0 Å². The first-order valence-electron chi connectivity index (χ1n) is 5.66. The summed E-state index contributed by atoms with van der Waals surface area (Å²) in [4.78, 5) is 0. The molecule has 2 N–H and O–H groups in total. The number of nitrogens with two attached hydrogens (primary N) is 1. The molecular formula is C13H18FN. The highest BCUT2D eigenvalue weighted by molar-refractivity contribution is 5.27. The Bertz CT molecular complexity index is 348. The Morgan fingerprint density at radius 1 is 1.40 bits per heavy atom. The van der Waals surface area contributed by atoms with Gasteiger partial charge >= 0.3 is 0 Å². The maximum atomic E-state index is 12.9. The van der Waals surface area contributed by atoms with Crippen LogP contribution in [0, 0.1) is 18.7 Å². The summed E-state index contributed by atoms with van der Waals surface area (Å²) in [6.07, 6.45) is 4.54. The zero-order chi connectivity index (χ0) is 10.8. The third kappa shape index (κ3) is 2.57. The highest BCUT2D eigenvalue weighted by atomic mass is 19.1. The molecule has 0 radical (unpaired) electrons. The molecule has 2 atom stereocenters. The van der Waals surface area contributed by atoms with E-state index in [-0.39, 0.29) is 5.82 Å². The van der Waals surface area contributed by atoms with E-state index in [0.717, 1.165) is 24.8 Å². The van der Waals surface area contributed by atoms with E-state index in [2.05, 4.69) is 0 Å². The number of hydrogen-bond acceptors (Lipinski definition) is 1. The Kier molecular flexibility index (Phi) is 3.06. The van der Waals surface area contributed by atoms with E-state index in [4.69, 9.17) is 5.73 Å². The Morgan fingerprint density at radius 3 is 2.80 bits per heavy atom. The lowest BCUT2D eigenvalue weighted by Crippen LogP contribution is -2.15. The fourth-order valence-corrected chi connectivity index (χ4v) is 2.50. The van der Waals surface area contributed by atoms with Gasteiger partial charge in [-0.2, -0.15) is 0 Å². The van der Waals surface area contributed by atoms with Gasteiger partial charge in [0.15, 0.2) is 0 Å². The monoisotopic (exact) mass is 207 g/mol. The van der Waals surface area contributed by atoms with Crippen LogP contribution in [0.5, 0.6) is 0 Å². The normalized spacial score (nSPS) is 25.8. The summed E-state index contributed by atoms with van der Waals surface area (Å²) >= 11 is 0. The Labute approximate surface area is 90.5 Å². The smallest absolute Gasteiger partial charge is 0.123 e. The largest absolute Gasteiger partial charge is 0.328 e. The number of aryl methyl sites for hydroxylation is 1. The van der Waals surface area contributed by atoms with Gasteiger partial charge in [-0.3, -0.25) is 0 Å². The molecule has 1 saturated carbocycles. The van der Waals surface area contributed by atoms with E-state index in [1.807, 2.05) is 13.0 Å². The lowest BCUT2D eigenvalue weighted by atomic mass is 9.95. The van der Waals surface area contributed by atoms with Gasteiger partial charge in [-0.1, -0.05) is 6.07 Å². The summed E-state index contributed by atoms with van der Waals surface area (Å²) in [7, 11) is 0. The zero-order valence-electron chi connectivity index (χ0n) is 9.17. The molecule has 0 amide bonds. The van der Waals surface area contributed by atoms with Crippen molar-refractivity contribution in [3.05, 3.63) is 35.1 Å².